The van der Waals surface area contributed by atoms with Crippen molar-refractivity contribution in [3.05, 3.63) is 66.2 Å². The van der Waals surface area contributed by atoms with E-state index in [1.54, 1.807) is 37.5 Å². The smallest absolute Gasteiger partial charge is 0.416 e. The number of halogens is 3. The van der Waals surface area contributed by atoms with Gasteiger partial charge in [0.2, 0.25) is 0 Å². The second kappa shape index (κ2) is 8.31. The molecule has 32 heavy (non-hydrogen) atoms. The summed E-state index contributed by atoms with van der Waals surface area (Å²) in [5.41, 5.74) is -0.462. The monoisotopic (exact) mass is 445 g/mol. The van der Waals surface area contributed by atoms with Crippen LogP contribution in [-0.4, -0.2) is 34.7 Å². The van der Waals surface area contributed by atoms with Crippen LogP contribution in [0.5, 0.6) is 0 Å². The Labute approximate surface area is 182 Å². The number of benzene rings is 1. The van der Waals surface area contributed by atoms with E-state index in [-0.39, 0.29) is 11.4 Å². The van der Waals surface area contributed by atoms with E-state index < -0.39 is 23.2 Å². The van der Waals surface area contributed by atoms with Crippen LogP contribution in [-0.2, 0) is 6.18 Å². The van der Waals surface area contributed by atoms with Crippen LogP contribution in [0.4, 0.5) is 24.5 Å². The molecule has 4 rings (SSSR count). The van der Waals surface area contributed by atoms with Gasteiger partial charge < -0.3 is 19.7 Å². The molecule has 1 aromatic carbocycles. The van der Waals surface area contributed by atoms with Gasteiger partial charge in [0.05, 0.1) is 22.5 Å². The van der Waals surface area contributed by atoms with Gasteiger partial charge in [0.15, 0.2) is 5.76 Å². The predicted molar refractivity (Wildman–Crippen MR) is 113 cm³/mol. The van der Waals surface area contributed by atoms with E-state index in [0.29, 0.717) is 37.4 Å². The van der Waals surface area contributed by atoms with Gasteiger partial charge in [0, 0.05) is 31.0 Å². The number of carbonyl (C=O) groups is 1. The number of amides is 1. The first-order chi connectivity index (χ1) is 15.1. The molecule has 0 aliphatic carbocycles. The minimum Gasteiger partial charge on any atom is -0.451 e. The minimum atomic E-state index is -4.55. The molecular formula is C23H22F3N3O3. The number of nitrogens with one attached hydrogen (secondary N) is 1. The number of rotatable bonds is 4. The molecule has 1 amide bonds. The van der Waals surface area contributed by atoms with Crippen molar-refractivity contribution in [2.45, 2.75) is 31.5 Å². The summed E-state index contributed by atoms with van der Waals surface area (Å²) < 4.78 is 45.5. The SMILES string of the molecule is CC1(O)CCN(c2ccc(C(F)(F)F)cc2NC(=O)c2ccc(-c3ccncc3)o2)CC1. The Kier molecular flexibility index (Phi) is 5.68. The van der Waals surface area contributed by atoms with Gasteiger partial charge in [-0.3, -0.25) is 9.78 Å². The van der Waals surface area contributed by atoms with E-state index in [1.807, 2.05) is 4.90 Å². The molecule has 0 saturated carbocycles. The van der Waals surface area contributed by atoms with Crippen LogP contribution in [0.15, 0.2) is 59.3 Å². The normalized spacial score (nSPS) is 16.1. The van der Waals surface area contributed by atoms with Crippen molar-refractivity contribution in [2.75, 3.05) is 23.3 Å². The maximum absolute atomic E-state index is 13.3. The number of piperidine rings is 1. The average Bonchev–Trinajstić information content (AvgIpc) is 3.24. The molecule has 9 heteroatoms. The Balaban J connectivity index is 1.61. The Morgan fingerprint density at radius 2 is 1.81 bits per heavy atom. The Hall–Kier alpha value is -3.33. The molecule has 1 aliphatic heterocycles. The zero-order valence-electron chi connectivity index (χ0n) is 17.3. The number of aromatic nitrogens is 1. The first kappa shape index (κ1) is 21.9. The van der Waals surface area contributed by atoms with Gasteiger partial charge in [-0.15, -0.1) is 0 Å². The van der Waals surface area contributed by atoms with Gasteiger partial charge >= 0.3 is 6.18 Å². The topological polar surface area (TPSA) is 78.6 Å². The van der Waals surface area contributed by atoms with Crippen molar-refractivity contribution in [2.24, 2.45) is 0 Å². The Morgan fingerprint density at radius 3 is 2.47 bits per heavy atom. The minimum absolute atomic E-state index is 0.0262. The van der Waals surface area contributed by atoms with Gasteiger partial charge in [-0.2, -0.15) is 13.2 Å². The third-order valence-corrected chi connectivity index (χ3v) is 5.55. The molecule has 1 aliphatic rings. The highest BCUT2D eigenvalue weighted by atomic mass is 19.4. The van der Waals surface area contributed by atoms with Crippen LogP contribution >= 0.6 is 0 Å². The molecule has 1 saturated heterocycles. The Bertz CT molecular complexity index is 1100. The lowest BCUT2D eigenvalue weighted by molar-refractivity contribution is -0.137. The highest BCUT2D eigenvalue weighted by molar-refractivity contribution is 6.04. The van der Waals surface area contributed by atoms with Crippen molar-refractivity contribution in [1.29, 1.82) is 0 Å². The van der Waals surface area contributed by atoms with Crippen LogP contribution in [0, 0.1) is 0 Å². The number of anilines is 2. The van der Waals surface area contributed by atoms with Gasteiger partial charge in [0.25, 0.3) is 5.91 Å². The molecule has 6 nitrogen and oxygen atoms in total. The molecule has 1 fully saturated rings. The summed E-state index contributed by atoms with van der Waals surface area (Å²) in [6, 6.07) is 9.79. The van der Waals surface area contributed by atoms with E-state index in [1.165, 1.54) is 12.1 Å². The van der Waals surface area contributed by atoms with Crippen LogP contribution < -0.4 is 10.2 Å². The fraction of sp³-hybridized carbons (Fsp3) is 0.304. The average molecular weight is 445 g/mol. The molecular weight excluding hydrogens is 423 g/mol. The van der Waals surface area contributed by atoms with Crippen molar-refractivity contribution < 1.29 is 27.5 Å². The van der Waals surface area contributed by atoms with E-state index in [0.717, 1.165) is 17.7 Å². The number of hydrogen-bond acceptors (Lipinski definition) is 5. The molecule has 2 N–H and O–H groups in total. The van der Waals surface area contributed by atoms with Crippen molar-refractivity contribution >= 4 is 17.3 Å². The van der Waals surface area contributed by atoms with Crippen LogP contribution in [0.3, 0.4) is 0 Å². The molecule has 0 bridgehead atoms. The van der Waals surface area contributed by atoms with Crippen molar-refractivity contribution in [3.8, 4) is 11.3 Å². The maximum atomic E-state index is 13.3. The van der Waals surface area contributed by atoms with Crippen molar-refractivity contribution in [1.82, 2.24) is 4.98 Å². The number of aliphatic hydroxyl groups is 1. The molecule has 2 aromatic heterocycles. The molecule has 3 aromatic rings. The van der Waals surface area contributed by atoms with E-state index in [4.69, 9.17) is 4.42 Å². The maximum Gasteiger partial charge on any atom is 0.416 e. The highest BCUT2D eigenvalue weighted by Crippen LogP contribution is 2.37. The lowest BCUT2D eigenvalue weighted by Crippen LogP contribution is -2.42. The molecule has 0 radical (unpaired) electrons. The number of alkyl halides is 3. The quantitative estimate of drug-likeness (QED) is 0.593. The third-order valence-electron chi connectivity index (χ3n) is 5.55. The first-order valence-electron chi connectivity index (χ1n) is 10.1. The predicted octanol–water partition coefficient (Wildman–Crippen LogP) is 4.96. The second-order valence-corrected chi connectivity index (χ2v) is 8.07. The molecule has 0 atom stereocenters. The lowest BCUT2D eigenvalue weighted by atomic mass is 9.93. The molecule has 3 heterocycles. The van der Waals surface area contributed by atoms with Gasteiger partial charge in [-0.05, 0) is 62.2 Å². The summed E-state index contributed by atoms with van der Waals surface area (Å²) in [6.45, 7) is 2.64. The number of carbonyl (C=O) groups excluding carboxylic acids is 1. The third kappa shape index (κ3) is 4.77. The zero-order valence-corrected chi connectivity index (χ0v) is 17.3. The standard InChI is InChI=1S/C23H22F3N3O3/c1-22(31)8-12-29(13-9-22)18-3-2-16(23(24,25)26)14-17(18)28-21(30)20-5-4-19(32-20)15-6-10-27-11-7-15/h2-7,10-11,14,31H,8-9,12-13H2,1H3,(H,28,30). The fourth-order valence-electron chi connectivity index (χ4n) is 3.63. The van der Waals surface area contributed by atoms with Gasteiger partial charge in [-0.1, -0.05) is 0 Å². The molecule has 0 unspecified atom stereocenters. The van der Waals surface area contributed by atoms with E-state index in [2.05, 4.69) is 10.3 Å². The fourth-order valence-corrected chi connectivity index (χ4v) is 3.63. The number of furan rings is 1. The van der Waals surface area contributed by atoms with Crippen LogP contribution in [0.2, 0.25) is 0 Å². The number of nitrogens with zero attached hydrogens (tertiary/aromatic N) is 2. The number of hydrogen-bond donors (Lipinski definition) is 2. The summed E-state index contributed by atoms with van der Waals surface area (Å²) >= 11 is 0. The Morgan fingerprint density at radius 1 is 1.12 bits per heavy atom. The largest absolute Gasteiger partial charge is 0.451 e. The summed E-state index contributed by atoms with van der Waals surface area (Å²) in [5, 5.41) is 12.8. The van der Waals surface area contributed by atoms with E-state index in [9.17, 15) is 23.1 Å². The van der Waals surface area contributed by atoms with Crippen LogP contribution in [0.25, 0.3) is 11.3 Å². The van der Waals surface area contributed by atoms with Gasteiger partial charge in [0.1, 0.15) is 5.76 Å². The first-order valence-corrected chi connectivity index (χ1v) is 10.1. The summed E-state index contributed by atoms with van der Waals surface area (Å²) in [4.78, 5) is 18.6. The van der Waals surface area contributed by atoms with Crippen LogP contribution in [0.1, 0.15) is 35.9 Å². The van der Waals surface area contributed by atoms with E-state index >= 15 is 0 Å². The lowest BCUT2D eigenvalue weighted by Gasteiger charge is -2.38. The molecule has 0 spiro atoms. The number of pyridine rings is 1. The summed E-state index contributed by atoms with van der Waals surface area (Å²) in [7, 11) is 0. The summed E-state index contributed by atoms with van der Waals surface area (Å²) in [6.07, 6.45) is -0.447. The van der Waals surface area contributed by atoms with Crippen molar-refractivity contribution in [3.63, 3.8) is 0 Å². The van der Waals surface area contributed by atoms with Gasteiger partial charge in [-0.25, -0.2) is 0 Å². The summed E-state index contributed by atoms with van der Waals surface area (Å²) in [5.74, 6) is -0.239. The highest BCUT2D eigenvalue weighted by Gasteiger charge is 2.33. The second-order valence-electron chi connectivity index (χ2n) is 8.07. The zero-order chi connectivity index (χ0) is 22.9. The molecule has 168 valence electrons.